The van der Waals surface area contributed by atoms with Crippen molar-refractivity contribution in [2.24, 2.45) is 0 Å². The molecule has 4 heteroatoms. The molecule has 0 atom stereocenters. The van der Waals surface area contributed by atoms with Crippen molar-refractivity contribution >= 4 is 12.6 Å². The lowest BCUT2D eigenvalue weighted by Crippen LogP contribution is -2.29. The van der Waals surface area contributed by atoms with Crippen molar-refractivity contribution in [1.82, 2.24) is 0 Å². The molecule has 10 heavy (non-hydrogen) atoms. The molecule has 0 saturated heterocycles. The van der Waals surface area contributed by atoms with Crippen LogP contribution in [0.25, 0.3) is 0 Å². The number of hydrogen-bond donors (Lipinski definition) is 2. The summed E-state index contributed by atoms with van der Waals surface area (Å²) < 4.78 is 12.3. The molecule has 2 N–H and O–H groups in total. The lowest BCUT2D eigenvalue weighted by atomic mass is 9.80. The van der Waals surface area contributed by atoms with Crippen molar-refractivity contribution in [1.29, 1.82) is 0 Å². The third-order valence-corrected chi connectivity index (χ3v) is 1.15. The summed E-state index contributed by atoms with van der Waals surface area (Å²) in [4.78, 5) is 0. The van der Waals surface area contributed by atoms with Gasteiger partial charge in [0.05, 0.1) is 0 Å². The van der Waals surface area contributed by atoms with Crippen LogP contribution in [0.4, 0.5) is 4.39 Å². The van der Waals surface area contributed by atoms with Crippen LogP contribution in [0, 0.1) is 5.82 Å². The van der Waals surface area contributed by atoms with Gasteiger partial charge in [-0.2, -0.15) is 0 Å². The molecule has 0 aliphatic rings. The average molecular weight is 144 g/mol. The van der Waals surface area contributed by atoms with E-state index in [1.54, 1.807) is 0 Å². The largest absolute Gasteiger partial charge is 0.488 e. The standard InChI is InChI=1S/C6H6BFO2.2H2/c8-6-3-1-2-5(4-6)7(9)10;;/h1-4,9-10H;2*1H. The van der Waals surface area contributed by atoms with E-state index in [-0.39, 0.29) is 8.32 Å². The Kier molecular flexibility index (Phi) is 2.04. The monoisotopic (exact) mass is 144 g/mol. The van der Waals surface area contributed by atoms with Gasteiger partial charge in [-0.1, -0.05) is 12.1 Å². The van der Waals surface area contributed by atoms with Crippen molar-refractivity contribution in [3.05, 3.63) is 30.1 Å². The van der Waals surface area contributed by atoms with Crippen LogP contribution in [0.2, 0.25) is 0 Å². The Morgan fingerprint density at radius 3 is 2.50 bits per heavy atom. The fraction of sp³-hybridized carbons (Fsp3) is 0. The molecule has 0 unspecified atom stereocenters. The first-order valence-electron chi connectivity index (χ1n) is 2.82. The zero-order valence-electron chi connectivity index (χ0n) is 5.16. The molecule has 1 aromatic rings. The van der Waals surface area contributed by atoms with Crippen molar-refractivity contribution < 1.29 is 17.3 Å². The Morgan fingerprint density at radius 2 is 2.10 bits per heavy atom. The molecular formula is C6H10BFO2. The molecule has 1 rings (SSSR count). The van der Waals surface area contributed by atoms with E-state index in [1.165, 1.54) is 18.2 Å². The Labute approximate surface area is 61.0 Å². The second-order valence-corrected chi connectivity index (χ2v) is 1.93. The molecule has 0 aromatic heterocycles. The Bertz CT molecular complexity index is 235. The predicted octanol–water partition coefficient (Wildman–Crippen LogP) is -0.00250. The summed E-state index contributed by atoms with van der Waals surface area (Å²) in [5.41, 5.74) is 0.167. The molecule has 2 nitrogen and oxygen atoms in total. The van der Waals surface area contributed by atoms with Crippen LogP contribution in [0.5, 0.6) is 0 Å². The van der Waals surface area contributed by atoms with E-state index in [9.17, 15) is 4.39 Å². The van der Waals surface area contributed by atoms with Crippen LogP contribution >= 0.6 is 0 Å². The highest BCUT2D eigenvalue weighted by Gasteiger charge is 2.09. The maximum atomic E-state index is 12.3. The third kappa shape index (κ3) is 1.56. The first kappa shape index (κ1) is 7.24. The Hall–Kier alpha value is -0.865. The van der Waals surface area contributed by atoms with E-state index in [0.29, 0.717) is 0 Å². The van der Waals surface area contributed by atoms with Crippen molar-refractivity contribution in [2.75, 3.05) is 0 Å². The minimum Gasteiger partial charge on any atom is -0.423 e. The van der Waals surface area contributed by atoms with Gasteiger partial charge in [-0.05, 0) is 17.6 Å². The summed E-state index contributed by atoms with van der Waals surface area (Å²) in [6, 6.07) is 5.18. The van der Waals surface area contributed by atoms with Gasteiger partial charge in [0.1, 0.15) is 5.82 Å². The highest BCUT2D eigenvalue weighted by molar-refractivity contribution is 6.58. The summed E-state index contributed by atoms with van der Waals surface area (Å²) in [7, 11) is -1.59. The lowest BCUT2D eigenvalue weighted by Gasteiger charge is -1.96. The van der Waals surface area contributed by atoms with Gasteiger partial charge in [0, 0.05) is 2.85 Å². The summed E-state index contributed by atoms with van der Waals surface area (Å²) in [6.07, 6.45) is 0. The molecular weight excluding hydrogens is 134 g/mol. The van der Waals surface area contributed by atoms with Gasteiger partial charge in [-0.25, -0.2) is 4.39 Å². The molecule has 0 spiro atoms. The van der Waals surface area contributed by atoms with Gasteiger partial charge < -0.3 is 10.0 Å². The molecule has 0 radical (unpaired) electrons. The van der Waals surface area contributed by atoms with Gasteiger partial charge >= 0.3 is 7.12 Å². The Morgan fingerprint density at radius 1 is 1.40 bits per heavy atom. The van der Waals surface area contributed by atoms with Crippen LogP contribution in [-0.2, 0) is 0 Å². The van der Waals surface area contributed by atoms with Crippen LogP contribution in [0.15, 0.2) is 24.3 Å². The molecule has 0 aliphatic heterocycles. The van der Waals surface area contributed by atoms with E-state index in [0.717, 1.165) is 6.07 Å². The molecule has 56 valence electrons. The van der Waals surface area contributed by atoms with E-state index < -0.39 is 12.9 Å². The fourth-order valence-corrected chi connectivity index (χ4v) is 0.667. The summed E-state index contributed by atoms with van der Waals surface area (Å²) in [5, 5.41) is 17.1. The number of hydrogen-bond acceptors (Lipinski definition) is 2. The van der Waals surface area contributed by atoms with Crippen LogP contribution in [0.3, 0.4) is 0 Å². The zero-order valence-corrected chi connectivity index (χ0v) is 5.16. The van der Waals surface area contributed by atoms with Gasteiger partial charge in [-0.3, -0.25) is 0 Å². The second-order valence-electron chi connectivity index (χ2n) is 1.93. The van der Waals surface area contributed by atoms with E-state index >= 15 is 0 Å². The SMILES string of the molecule is OB(O)c1cccc(F)c1.[HH].[HH]. The molecule has 0 aliphatic carbocycles. The third-order valence-electron chi connectivity index (χ3n) is 1.15. The van der Waals surface area contributed by atoms with Gasteiger partial charge in [0.25, 0.3) is 0 Å². The van der Waals surface area contributed by atoms with Crippen molar-refractivity contribution in [2.45, 2.75) is 0 Å². The topological polar surface area (TPSA) is 40.5 Å². The molecule has 0 amide bonds. The molecule has 0 heterocycles. The smallest absolute Gasteiger partial charge is 0.423 e. The number of benzene rings is 1. The quantitative estimate of drug-likeness (QED) is 0.544. The normalized spacial score (nSPS) is 9.50. The lowest BCUT2D eigenvalue weighted by molar-refractivity contribution is 0.425. The second kappa shape index (κ2) is 2.81. The highest BCUT2D eigenvalue weighted by atomic mass is 19.1. The summed E-state index contributed by atoms with van der Waals surface area (Å²) in [6.45, 7) is 0. The molecule has 0 saturated carbocycles. The first-order chi connectivity index (χ1) is 4.70. The van der Waals surface area contributed by atoms with Gasteiger partial charge in [0.15, 0.2) is 0 Å². The minimum atomic E-state index is -1.59. The first-order valence-corrected chi connectivity index (χ1v) is 2.82. The van der Waals surface area contributed by atoms with Crippen LogP contribution in [0.1, 0.15) is 2.85 Å². The molecule has 0 bridgehead atoms. The number of halogens is 1. The zero-order chi connectivity index (χ0) is 7.56. The van der Waals surface area contributed by atoms with E-state index in [1.807, 2.05) is 0 Å². The minimum absolute atomic E-state index is 0. The predicted molar refractivity (Wildman–Crippen MR) is 40.5 cm³/mol. The van der Waals surface area contributed by atoms with E-state index in [2.05, 4.69) is 0 Å². The maximum absolute atomic E-state index is 12.3. The maximum Gasteiger partial charge on any atom is 0.488 e. The average Bonchev–Trinajstić information content (AvgIpc) is 1.88. The Balaban J connectivity index is 0. The van der Waals surface area contributed by atoms with Crippen LogP contribution < -0.4 is 5.46 Å². The van der Waals surface area contributed by atoms with Gasteiger partial charge in [-0.15, -0.1) is 0 Å². The van der Waals surface area contributed by atoms with Crippen molar-refractivity contribution in [3.8, 4) is 0 Å². The molecule has 0 fully saturated rings. The van der Waals surface area contributed by atoms with Gasteiger partial charge in [0.2, 0.25) is 0 Å². The highest BCUT2D eigenvalue weighted by Crippen LogP contribution is 1.92. The summed E-state index contributed by atoms with van der Waals surface area (Å²) >= 11 is 0. The van der Waals surface area contributed by atoms with E-state index in [4.69, 9.17) is 10.0 Å². The van der Waals surface area contributed by atoms with Crippen LogP contribution in [-0.4, -0.2) is 17.2 Å². The number of rotatable bonds is 1. The van der Waals surface area contributed by atoms with Crippen molar-refractivity contribution in [3.63, 3.8) is 0 Å². The molecule has 1 aromatic carbocycles. The fourth-order valence-electron chi connectivity index (χ4n) is 0.667. The summed E-state index contributed by atoms with van der Waals surface area (Å²) in [5.74, 6) is -0.467.